The summed E-state index contributed by atoms with van der Waals surface area (Å²) in [7, 11) is -1.95. The number of methoxy groups -OCH3 is 1. The van der Waals surface area contributed by atoms with E-state index in [-0.39, 0.29) is 11.9 Å². The molecule has 1 atom stereocenters. The van der Waals surface area contributed by atoms with Gasteiger partial charge in [-0.2, -0.15) is 4.31 Å². The molecule has 0 bridgehead atoms. The topological polar surface area (TPSA) is 128 Å². The predicted octanol–water partition coefficient (Wildman–Crippen LogP) is 2.24. The number of amides is 1. The van der Waals surface area contributed by atoms with Gasteiger partial charge in [0, 0.05) is 11.9 Å². The lowest BCUT2D eigenvalue weighted by Gasteiger charge is -2.32. The standard InChI is InChI=1S/C18H20N4O6S/c1-26-13-8-5-6-11-10-14(27-15(11)13)17-20-21-18(28-17)19-16(23)12-7-3-4-9-22(12)29(2,24)25/h5-6,8,10,12H,3-4,7,9H2,1-2H3,(H,19,21,23). The molecule has 2 aromatic heterocycles. The summed E-state index contributed by atoms with van der Waals surface area (Å²) in [4.78, 5) is 12.6. The Morgan fingerprint density at radius 2 is 2.10 bits per heavy atom. The number of nitrogens with zero attached hydrogens (tertiary/aromatic N) is 3. The summed E-state index contributed by atoms with van der Waals surface area (Å²) in [5, 5.41) is 11.0. The first kappa shape index (κ1) is 19.4. The number of aromatic nitrogens is 2. The molecule has 1 fully saturated rings. The van der Waals surface area contributed by atoms with Crippen molar-refractivity contribution in [3.8, 4) is 17.4 Å². The molecule has 1 aliphatic rings. The van der Waals surface area contributed by atoms with Crippen LogP contribution in [-0.2, 0) is 14.8 Å². The molecular weight excluding hydrogens is 400 g/mol. The molecule has 3 aromatic rings. The molecule has 1 saturated heterocycles. The van der Waals surface area contributed by atoms with Gasteiger partial charge < -0.3 is 13.6 Å². The molecule has 0 aliphatic carbocycles. The van der Waals surface area contributed by atoms with Gasteiger partial charge in [-0.1, -0.05) is 23.7 Å². The van der Waals surface area contributed by atoms with Gasteiger partial charge in [-0.3, -0.25) is 10.1 Å². The van der Waals surface area contributed by atoms with E-state index in [1.165, 1.54) is 4.31 Å². The summed E-state index contributed by atoms with van der Waals surface area (Å²) in [6.45, 7) is 0.312. The van der Waals surface area contributed by atoms with E-state index in [0.29, 0.717) is 30.1 Å². The van der Waals surface area contributed by atoms with Gasteiger partial charge in [0.05, 0.1) is 13.4 Å². The van der Waals surface area contributed by atoms with Gasteiger partial charge in [-0.25, -0.2) is 8.42 Å². The highest BCUT2D eigenvalue weighted by Crippen LogP contribution is 2.33. The Morgan fingerprint density at radius 3 is 2.86 bits per heavy atom. The summed E-state index contributed by atoms with van der Waals surface area (Å²) in [6, 6.07) is 6.25. The van der Waals surface area contributed by atoms with E-state index >= 15 is 0 Å². The van der Waals surface area contributed by atoms with Gasteiger partial charge in [0.1, 0.15) is 6.04 Å². The lowest BCUT2D eigenvalue weighted by molar-refractivity contribution is -0.120. The number of fused-ring (bicyclic) bond motifs is 1. The van der Waals surface area contributed by atoms with E-state index in [2.05, 4.69) is 15.5 Å². The molecule has 0 saturated carbocycles. The van der Waals surface area contributed by atoms with E-state index in [1.807, 2.05) is 12.1 Å². The van der Waals surface area contributed by atoms with Crippen molar-refractivity contribution in [3.05, 3.63) is 24.3 Å². The van der Waals surface area contributed by atoms with E-state index < -0.39 is 22.0 Å². The monoisotopic (exact) mass is 420 g/mol. The fourth-order valence-electron chi connectivity index (χ4n) is 3.43. The van der Waals surface area contributed by atoms with Crippen molar-refractivity contribution in [1.82, 2.24) is 14.5 Å². The second kappa shape index (κ2) is 7.48. The number of benzene rings is 1. The molecular formula is C18H20N4O6S. The molecule has 11 heteroatoms. The number of hydrogen-bond acceptors (Lipinski definition) is 8. The minimum absolute atomic E-state index is 0.0853. The zero-order valence-electron chi connectivity index (χ0n) is 15.9. The highest BCUT2D eigenvalue weighted by molar-refractivity contribution is 7.88. The first-order valence-corrected chi connectivity index (χ1v) is 10.9. The molecule has 29 heavy (non-hydrogen) atoms. The number of anilines is 1. The number of furan rings is 1. The van der Waals surface area contributed by atoms with Crippen LogP contribution >= 0.6 is 0 Å². The fraction of sp³-hybridized carbons (Fsp3) is 0.389. The highest BCUT2D eigenvalue weighted by atomic mass is 32.2. The number of rotatable bonds is 5. The van der Waals surface area contributed by atoms with Crippen LogP contribution in [0.3, 0.4) is 0 Å². The largest absolute Gasteiger partial charge is 0.493 e. The first-order chi connectivity index (χ1) is 13.9. The summed E-state index contributed by atoms with van der Waals surface area (Å²) < 4.78 is 41.6. The Kier molecular flexibility index (Phi) is 5.01. The quantitative estimate of drug-likeness (QED) is 0.666. The van der Waals surface area contributed by atoms with Crippen molar-refractivity contribution >= 4 is 32.9 Å². The zero-order chi connectivity index (χ0) is 20.6. The molecule has 1 aromatic carbocycles. The van der Waals surface area contributed by atoms with Crippen LogP contribution in [0.2, 0.25) is 0 Å². The molecule has 0 spiro atoms. The molecule has 0 radical (unpaired) electrons. The van der Waals surface area contributed by atoms with Crippen molar-refractivity contribution in [1.29, 1.82) is 0 Å². The van der Waals surface area contributed by atoms with Crippen LogP contribution in [-0.4, -0.2) is 54.8 Å². The predicted molar refractivity (Wildman–Crippen MR) is 104 cm³/mol. The Bertz CT molecular complexity index is 1150. The minimum Gasteiger partial charge on any atom is -0.493 e. The third-order valence-corrected chi connectivity index (χ3v) is 6.07. The fourth-order valence-corrected chi connectivity index (χ4v) is 4.55. The van der Waals surface area contributed by atoms with E-state index in [9.17, 15) is 13.2 Å². The molecule has 1 N–H and O–H groups in total. The maximum Gasteiger partial charge on any atom is 0.322 e. The van der Waals surface area contributed by atoms with Gasteiger partial charge in [0.25, 0.3) is 5.89 Å². The number of piperidine rings is 1. The zero-order valence-corrected chi connectivity index (χ0v) is 16.7. The summed E-state index contributed by atoms with van der Waals surface area (Å²) in [5.74, 6) is 0.478. The number of ether oxygens (including phenoxy) is 1. The summed E-state index contributed by atoms with van der Waals surface area (Å²) in [6.07, 6.45) is 3.01. The maximum absolute atomic E-state index is 12.6. The van der Waals surface area contributed by atoms with E-state index in [0.717, 1.165) is 24.5 Å². The minimum atomic E-state index is -3.49. The smallest absolute Gasteiger partial charge is 0.322 e. The molecule has 3 heterocycles. The Morgan fingerprint density at radius 1 is 1.28 bits per heavy atom. The molecule has 1 amide bonds. The molecule has 154 valence electrons. The number of carbonyl (C=O) groups is 1. The third kappa shape index (κ3) is 3.83. The van der Waals surface area contributed by atoms with E-state index in [1.54, 1.807) is 19.2 Å². The van der Waals surface area contributed by atoms with Gasteiger partial charge in [0.2, 0.25) is 15.9 Å². The van der Waals surface area contributed by atoms with Crippen molar-refractivity contribution in [2.75, 3.05) is 25.2 Å². The summed E-state index contributed by atoms with van der Waals surface area (Å²) in [5.41, 5.74) is 0.541. The van der Waals surface area contributed by atoms with Gasteiger partial charge in [0.15, 0.2) is 17.1 Å². The number of nitrogens with one attached hydrogen (secondary N) is 1. The van der Waals surface area contributed by atoms with Gasteiger partial charge in [-0.15, -0.1) is 5.10 Å². The average Bonchev–Trinajstić information content (AvgIpc) is 3.33. The molecule has 10 nitrogen and oxygen atoms in total. The Labute approximate surface area is 166 Å². The van der Waals surface area contributed by atoms with Crippen LogP contribution in [0.5, 0.6) is 5.75 Å². The van der Waals surface area contributed by atoms with Crippen LogP contribution in [0.4, 0.5) is 6.01 Å². The highest BCUT2D eigenvalue weighted by Gasteiger charge is 2.35. The van der Waals surface area contributed by atoms with Crippen molar-refractivity contribution in [2.45, 2.75) is 25.3 Å². The van der Waals surface area contributed by atoms with Crippen molar-refractivity contribution in [2.24, 2.45) is 0 Å². The van der Waals surface area contributed by atoms with Crippen LogP contribution in [0.25, 0.3) is 22.6 Å². The second-order valence-electron chi connectivity index (χ2n) is 6.78. The second-order valence-corrected chi connectivity index (χ2v) is 8.71. The lowest BCUT2D eigenvalue weighted by atomic mass is 10.0. The van der Waals surface area contributed by atoms with Gasteiger partial charge in [-0.05, 0) is 25.0 Å². The normalized spacial score (nSPS) is 18.1. The van der Waals surface area contributed by atoms with Crippen LogP contribution in [0.15, 0.2) is 33.1 Å². The molecule has 1 unspecified atom stereocenters. The van der Waals surface area contributed by atoms with Crippen LogP contribution < -0.4 is 10.1 Å². The number of hydrogen-bond donors (Lipinski definition) is 1. The number of sulfonamides is 1. The first-order valence-electron chi connectivity index (χ1n) is 9.05. The lowest BCUT2D eigenvalue weighted by Crippen LogP contribution is -2.49. The maximum atomic E-state index is 12.6. The summed E-state index contributed by atoms with van der Waals surface area (Å²) >= 11 is 0. The SMILES string of the molecule is COc1cccc2cc(-c3nnc(NC(=O)C4CCCCN4S(C)(=O)=O)o3)oc12. The molecule has 1 aliphatic heterocycles. The van der Waals surface area contributed by atoms with E-state index in [4.69, 9.17) is 13.6 Å². The van der Waals surface area contributed by atoms with Crippen molar-refractivity contribution in [3.63, 3.8) is 0 Å². The molecule has 4 rings (SSSR count). The Hall–Kier alpha value is -2.92. The number of carbonyl (C=O) groups excluding carboxylic acids is 1. The number of para-hydroxylation sites is 1. The average molecular weight is 420 g/mol. The van der Waals surface area contributed by atoms with Crippen LogP contribution in [0.1, 0.15) is 19.3 Å². The van der Waals surface area contributed by atoms with Crippen LogP contribution in [0, 0.1) is 0 Å². The van der Waals surface area contributed by atoms with Crippen molar-refractivity contribution < 1.29 is 26.8 Å². The van der Waals surface area contributed by atoms with Gasteiger partial charge >= 0.3 is 6.01 Å². The Balaban J connectivity index is 1.54. The third-order valence-electron chi connectivity index (χ3n) is 4.78.